The lowest BCUT2D eigenvalue weighted by Crippen LogP contribution is -2.00. The molecule has 2 unspecified atom stereocenters. The summed E-state index contributed by atoms with van der Waals surface area (Å²) in [4.78, 5) is 1.53. The van der Waals surface area contributed by atoms with Gasteiger partial charge in [-0.3, -0.25) is 0 Å². The van der Waals surface area contributed by atoms with Gasteiger partial charge >= 0.3 is 0 Å². The molecule has 0 nitrogen and oxygen atoms in total. The highest BCUT2D eigenvalue weighted by molar-refractivity contribution is 7.99. The normalized spacial score (nSPS) is 15.1. The molecule has 1 heterocycles. The standard InChI is InChI=1S/C12H20S3/c1-3-10(13)7-8-12(14-4-2)11-6-5-9-15-11/h5-6,9-10,12-13H,3-4,7-8H2,1-2H3. The third kappa shape index (κ3) is 4.83. The fraction of sp³-hybridized carbons (Fsp3) is 0.667. The molecule has 0 N–H and O–H groups in total. The molecule has 0 radical (unpaired) electrons. The Balaban J connectivity index is 2.44. The van der Waals surface area contributed by atoms with Crippen LogP contribution in [0.25, 0.3) is 0 Å². The van der Waals surface area contributed by atoms with E-state index in [-0.39, 0.29) is 0 Å². The SMILES string of the molecule is CCSC(CCC(S)CC)c1cccs1. The molecule has 0 fully saturated rings. The second-order valence-corrected chi connectivity index (χ2v) is 6.79. The molecule has 0 aliphatic heterocycles. The van der Waals surface area contributed by atoms with Crippen molar-refractivity contribution >= 4 is 35.7 Å². The average Bonchev–Trinajstić information content (AvgIpc) is 2.76. The Morgan fingerprint density at radius 1 is 1.40 bits per heavy atom. The van der Waals surface area contributed by atoms with Crippen LogP contribution >= 0.6 is 35.7 Å². The van der Waals surface area contributed by atoms with Crippen molar-refractivity contribution in [2.45, 2.75) is 43.6 Å². The molecule has 15 heavy (non-hydrogen) atoms. The van der Waals surface area contributed by atoms with E-state index in [2.05, 4.69) is 55.8 Å². The first-order valence-electron chi connectivity index (χ1n) is 5.61. The molecule has 0 bridgehead atoms. The Hall–Kier alpha value is 0.400. The van der Waals surface area contributed by atoms with Crippen molar-refractivity contribution in [3.05, 3.63) is 22.4 Å². The van der Waals surface area contributed by atoms with E-state index in [0.29, 0.717) is 10.5 Å². The van der Waals surface area contributed by atoms with Crippen molar-refractivity contribution in [1.29, 1.82) is 0 Å². The van der Waals surface area contributed by atoms with Gasteiger partial charge in [0.05, 0.1) is 0 Å². The van der Waals surface area contributed by atoms with E-state index >= 15 is 0 Å². The van der Waals surface area contributed by atoms with Crippen LogP contribution in [0.3, 0.4) is 0 Å². The monoisotopic (exact) mass is 260 g/mol. The fourth-order valence-corrected chi connectivity index (χ4v) is 3.74. The Labute approximate surface area is 107 Å². The summed E-state index contributed by atoms with van der Waals surface area (Å²) < 4.78 is 0. The largest absolute Gasteiger partial charge is 0.176 e. The van der Waals surface area contributed by atoms with Gasteiger partial charge in [0.2, 0.25) is 0 Å². The first-order valence-corrected chi connectivity index (χ1v) is 8.05. The zero-order valence-corrected chi connectivity index (χ0v) is 12.0. The molecule has 0 aliphatic rings. The zero-order valence-electron chi connectivity index (χ0n) is 9.48. The molecule has 0 amide bonds. The molecule has 0 saturated heterocycles. The maximum Gasteiger partial charge on any atom is 0.0391 e. The van der Waals surface area contributed by atoms with Gasteiger partial charge in [0, 0.05) is 15.4 Å². The minimum absolute atomic E-state index is 0.574. The highest BCUT2D eigenvalue weighted by Crippen LogP contribution is 2.36. The third-order valence-electron chi connectivity index (χ3n) is 2.46. The lowest BCUT2D eigenvalue weighted by molar-refractivity contribution is 0.681. The smallest absolute Gasteiger partial charge is 0.0391 e. The predicted molar refractivity (Wildman–Crippen MR) is 77.5 cm³/mol. The molecule has 1 aromatic heterocycles. The van der Waals surface area contributed by atoms with Crippen molar-refractivity contribution in [2.75, 3.05) is 5.75 Å². The Bertz CT molecular complexity index is 243. The van der Waals surface area contributed by atoms with Gasteiger partial charge < -0.3 is 0 Å². The van der Waals surface area contributed by atoms with E-state index in [0.717, 1.165) is 0 Å². The van der Waals surface area contributed by atoms with Gasteiger partial charge in [-0.05, 0) is 36.5 Å². The van der Waals surface area contributed by atoms with Crippen LogP contribution in [0.15, 0.2) is 17.5 Å². The van der Waals surface area contributed by atoms with Crippen molar-refractivity contribution < 1.29 is 0 Å². The van der Waals surface area contributed by atoms with Crippen LogP contribution < -0.4 is 0 Å². The van der Waals surface area contributed by atoms with Gasteiger partial charge in [0.1, 0.15) is 0 Å². The lowest BCUT2D eigenvalue weighted by Gasteiger charge is -2.16. The van der Waals surface area contributed by atoms with Gasteiger partial charge in [-0.25, -0.2) is 0 Å². The summed E-state index contributed by atoms with van der Waals surface area (Å²) in [6.07, 6.45) is 3.67. The molecule has 0 aliphatic carbocycles. The molecule has 1 aromatic rings. The second kappa shape index (κ2) is 7.64. The summed E-state index contributed by atoms with van der Waals surface area (Å²) in [5, 5.41) is 3.44. The molecule has 3 heteroatoms. The number of thioether (sulfide) groups is 1. The summed E-state index contributed by atoms with van der Waals surface area (Å²) in [6, 6.07) is 4.42. The predicted octanol–water partition coefficient (Wildman–Crippen LogP) is 5.03. The summed E-state index contributed by atoms with van der Waals surface area (Å²) in [6.45, 7) is 4.45. The topological polar surface area (TPSA) is 0 Å². The second-order valence-electron chi connectivity index (χ2n) is 3.60. The van der Waals surface area contributed by atoms with E-state index in [9.17, 15) is 0 Å². The van der Waals surface area contributed by atoms with Crippen LogP contribution in [0.4, 0.5) is 0 Å². The van der Waals surface area contributed by atoms with Crippen LogP contribution in [0.1, 0.15) is 43.2 Å². The van der Waals surface area contributed by atoms with Crippen LogP contribution in [-0.2, 0) is 0 Å². The van der Waals surface area contributed by atoms with E-state index in [1.807, 2.05) is 11.3 Å². The summed E-state index contributed by atoms with van der Waals surface area (Å²) in [7, 11) is 0. The van der Waals surface area contributed by atoms with Gasteiger partial charge in [-0.15, -0.1) is 11.3 Å². The molecule has 1 rings (SSSR count). The third-order valence-corrected chi connectivity index (χ3v) is 5.45. The zero-order chi connectivity index (χ0) is 11.1. The molecule has 0 spiro atoms. The Morgan fingerprint density at radius 3 is 2.73 bits per heavy atom. The molecule has 2 atom stereocenters. The first-order chi connectivity index (χ1) is 7.27. The molecular formula is C12H20S3. The Kier molecular flexibility index (Phi) is 6.86. The molecule has 0 aromatic carbocycles. The van der Waals surface area contributed by atoms with E-state index in [1.54, 1.807) is 0 Å². The fourth-order valence-electron chi connectivity index (χ4n) is 1.53. The highest BCUT2D eigenvalue weighted by atomic mass is 32.2. The quantitative estimate of drug-likeness (QED) is 0.671. The maximum atomic E-state index is 4.56. The van der Waals surface area contributed by atoms with Crippen LogP contribution in [0.2, 0.25) is 0 Å². The maximum absolute atomic E-state index is 4.56. The van der Waals surface area contributed by atoms with Gasteiger partial charge in [0.15, 0.2) is 0 Å². The highest BCUT2D eigenvalue weighted by Gasteiger charge is 2.13. The van der Waals surface area contributed by atoms with Crippen molar-refractivity contribution in [1.82, 2.24) is 0 Å². The van der Waals surface area contributed by atoms with E-state index in [4.69, 9.17) is 0 Å². The van der Waals surface area contributed by atoms with Gasteiger partial charge in [-0.2, -0.15) is 24.4 Å². The van der Waals surface area contributed by atoms with Crippen molar-refractivity contribution in [2.24, 2.45) is 0 Å². The number of hydrogen-bond acceptors (Lipinski definition) is 3. The van der Waals surface area contributed by atoms with Crippen molar-refractivity contribution in [3.8, 4) is 0 Å². The van der Waals surface area contributed by atoms with E-state index < -0.39 is 0 Å². The number of hydrogen-bond donors (Lipinski definition) is 1. The summed E-state index contributed by atoms with van der Waals surface area (Å²) in [5.74, 6) is 1.20. The lowest BCUT2D eigenvalue weighted by atomic mass is 10.1. The molecule has 86 valence electrons. The minimum atomic E-state index is 0.574. The van der Waals surface area contributed by atoms with E-state index in [1.165, 1.54) is 29.9 Å². The number of thiol groups is 1. The van der Waals surface area contributed by atoms with Gasteiger partial charge in [-0.1, -0.05) is 19.9 Å². The Morgan fingerprint density at radius 2 is 2.20 bits per heavy atom. The minimum Gasteiger partial charge on any atom is -0.176 e. The first kappa shape index (κ1) is 13.5. The summed E-state index contributed by atoms with van der Waals surface area (Å²) in [5.41, 5.74) is 0. The number of thiophene rings is 1. The van der Waals surface area contributed by atoms with Crippen molar-refractivity contribution in [3.63, 3.8) is 0 Å². The summed E-state index contributed by atoms with van der Waals surface area (Å²) >= 11 is 8.51. The number of rotatable bonds is 7. The van der Waals surface area contributed by atoms with Crippen LogP contribution in [0.5, 0.6) is 0 Å². The van der Waals surface area contributed by atoms with Gasteiger partial charge in [0.25, 0.3) is 0 Å². The van der Waals surface area contributed by atoms with Crippen LogP contribution in [-0.4, -0.2) is 11.0 Å². The van der Waals surface area contributed by atoms with Crippen LogP contribution in [0, 0.1) is 0 Å². The molecule has 0 saturated carbocycles. The molecular weight excluding hydrogens is 240 g/mol. The average molecular weight is 260 g/mol.